The highest BCUT2D eigenvalue weighted by Crippen LogP contribution is 2.36. The Kier molecular flexibility index (Phi) is 4.32. The van der Waals surface area contributed by atoms with Gasteiger partial charge >= 0.3 is 6.18 Å². The predicted octanol–water partition coefficient (Wildman–Crippen LogP) is 4.32. The van der Waals surface area contributed by atoms with Gasteiger partial charge in [-0.3, -0.25) is 0 Å². The molecule has 0 spiro atoms. The minimum atomic E-state index is -3.98. The molecule has 0 aromatic carbocycles. The zero-order valence-corrected chi connectivity index (χ0v) is 9.57. The Morgan fingerprint density at radius 3 is 2.15 bits per heavy atom. The van der Waals surface area contributed by atoms with Crippen LogP contribution in [0.4, 0.5) is 13.2 Å². The molecule has 1 rings (SSSR count). The third kappa shape index (κ3) is 4.51. The molecule has 1 fully saturated rings. The van der Waals surface area contributed by atoms with Crippen molar-refractivity contribution >= 4 is 22.6 Å². The van der Waals surface area contributed by atoms with Gasteiger partial charge in [0.05, 0.1) is 6.42 Å². The van der Waals surface area contributed by atoms with Crippen LogP contribution < -0.4 is 0 Å². The monoisotopic (exact) mass is 306 g/mol. The van der Waals surface area contributed by atoms with E-state index in [0.29, 0.717) is 5.92 Å². The quantitative estimate of drug-likeness (QED) is 0.526. The largest absolute Gasteiger partial charge is 0.390 e. The maximum Gasteiger partial charge on any atom is 0.390 e. The zero-order chi connectivity index (χ0) is 9.90. The summed E-state index contributed by atoms with van der Waals surface area (Å²) in [7, 11) is 0. The summed E-state index contributed by atoms with van der Waals surface area (Å²) in [6, 6.07) is 0. The molecule has 0 amide bonds. The van der Waals surface area contributed by atoms with Crippen molar-refractivity contribution in [2.75, 3.05) is 0 Å². The van der Waals surface area contributed by atoms with Crippen LogP contribution in [0.2, 0.25) is 0 Å². The van der Waals surface area contributed by atoms with E-state index in [1.807, 2.05) is 22.6 Å². The van der Waals surface area contributed by atoms with E-state index in [9.17, 15) is 13.2 Å². The lowest BCUT2D eigenvalue weighted by Gasteiger charge is -2.26. The molecule has 0 heterocycles. The number of rotatable bonds is 2. The molecule has 78 valence electrons. The summed E-state index contributed by atoms with van der Waals surface area (Å²) in [4.78, 5) is 0. The molecule has 4 heteroatoms. The Bertz CT molecular complexity index is 149. The smallest absolute Gasteiger partial charge is 0.171 e. The Morgan fingerprint density at radius 2 is 1.69 bits per heavy atom. The van der Waals surface area contributed by atoms with E-state index in [1.165, 1.54) is 6.42 Å². The first-order valence-electron chi connectivity index (χ1n) is 4.70. The average molecular weight is 306 g/mol. The number of hydrogen-bond donors (Lipinski definition) is 0. The van der Waals surface area contributed by atoms with Gasteiger partial charge in [0.1, 0.15) is 0 Å². The van der Waals surface area contributed by atoms with Crippen molar-refractivity contribution in [1.29, 1.82) is 0 Å². The van der Waals surface area contributed by atoms with E-state index in [2.05, 4.69) is 0 Å². The molecule has 0 saturated heterocycles. The van der Waals surface area contributed by atoms with E-state index < -0.39 is 12.6 Å². The molecule has 0 aliphatic heterocycles. The maximum absolute atomic E-state index is 12.1. The second kappa shape index (κ2) is 4.84. The van der Waals surface area contributed by atoms with Crippen molar-refractivity contribution < 1.29 is 13.2 Å². The first-order valence-corrected chi connectivity index (χ1v) is 5.94. The van der Waals surface area contributed by atoms with Gasteiger partial charge in [-0.1, -0.05) is 41.9 Å². The predicted molar refractivity (Wildman–Crippen MR) is 55.1 cm³/mol. The standard InChI is InChI=1S/C9H14F3I/c10-9(11,12)6-8(13)7-4-2-1-3-5-7/h7-8H,1-6H2. The van der Waals surface area contributed by atoms with Crippen molar-refractivity contribution in [2.45, 2.75) is 48.6 Å². The van der Waals surface area contributed by atoms with E-state index >= 15 is 0 Å². The highest BCUT2D eigenvalue weighted by Gasteiger charge is 2.34. The first-order chi connectivity index (χ1) is 5.99. The second-order valence-electron chi connectivity index (χ2n) is 3.73. The molecule has 0 N–H and O–H groups in total. The third-order valence-electron chi connectivity index (χ3n) is 2.59. The van der Waals surface area contributed by atoms with E-state index in [1.54, 1.807) is 0 Å². The van der Waals surface area contributed by atoms with Gasteiger partial charge in [-0.05, 0) is 18.8 Å². The Balaban J connectivity index is 2.33. The van der Waals surface area contributed by atoms with Crippen LogP contribution in [0.15, 0.2) is 0 Å². The molecule has 1 aliphatic rings. The van der Waals surface area contributed by atoms with Crippen LogP contribution in [0, 0.1) is 5.92 Å². The molecular formula is C9H14F3I. The third-order valence-corrected chi connectivity index (χ3v) is 4.05. The van der Waals surface area contributed by atoms with Crippen molar-refractivity contribution in [3.63, 3.8) is 0 Å². The highest BCUT2D eigenvalue weighted by atomic mass is 127. The molecule has 1 saturated carbocycles. The summed E-state index contributed by atoms with van der Waals surface area (Å²) in [6.45, 7) is 0. The van der Waals surface area contributed by atoms with Gasteiger partial charge < -0.3 is 0 Å². The summed E-state index contributed by atoms with van der Waals surface area (Å²) in [5.74, 6) is 0.302. The molecule has 1 atom stereocenters. The molecular weight excluding hydrogens is 292 g/mol. The molecule has 0 radical (unpaired) electrons. The van der Waals surface area contributed by atoms with E-state index in [0.717, 1.165) is 25.7 Å². The van der Waals surface area contributed by atoms with Crippen LogP contribution in [0.1, 0.15) is 38.5 Å². The fourth-order valence-corrected chi connectivity index (χ4v) is 3.10. The van der Waals surface area contributed by atoms with Crippen LogP contribution >= 0.6 is 22.6 Å². The topological polar surface area (TPSA) is 0 Å². The van der Waals surface area contributed by atoms with Crippen molar-refractivity contribution in [2.24, 2.45) is 5.92 Å². The zero-order valence-electron chi connectivity index (χ0n) is 7.41. The molecule has 0 nitrogen and oxygen atoms in total. The van der Waals surface area contributed by atoms with Crippen LogP contribution in [0.5, 0.6) is 0 Å². The van der Waals surface area contributed by atoms with Crippen molar-refractivity contribution in [1.82, 2.24) is 0 Å². The van der Waals surface area contributed by atoms with E-state index in [4.69, 9.17) is 0 Å². The van der Waals surface area contributed by atoms with Crippen molar-refractivity contribution in [3.8, 4) is 0 Å². The summed E-state index contributed by atoms with van der Waals surface area (Å²) >= 11 is 1.97. The molecule has 0 aromatic heterocycles. The van der Waals surface area contributed by atoms with Gasteiger partial charge in [0.25, 0.3) is 0 Å². The van der Waals surface area contributed by atoms with Gasteiger partial charge in [0, 0.05) is 3.92 Å². The molecule has 1 aliphatic carbocycles. The number of hydrogen-bond acceptors (Lipinski definition) is 0. The van der Waals surface area contributed by atoms with E-state index in [-0.39, 0.29) is 3.92 Å². The van der Waals surface area contributed by atoms with Gasteiger partial charge in [-0.15, -0.1) is 0 Å². The summed E-state index contributed by atoms with van der Waals surface area (Å²) in [5.41, 5.74) is 0. The first kappa shape index (κ1) is 11.6. The molecule has 1 unspecified atom stereocenters. The number of alkyl halides is 4. The fraction of sp³-hybridized carbons (Fsp3) is 1.00. The summed E-state index contributed by atoms with van der Waals surface area (Å²) in [6.07, 6.45) is 0.810. The minimum Gasteiger partial charge on any atom is -0.171 e. The van der Waals surface area contributed by atoms with Crippen LogP contribution in [0.3, 0.4) is 0 Å². The average Bonchev–Trinajstić information content (AvgIpc) is 2.03. The Labute approximate surface area is 90.4 Å². The van der Waals surface area contributed by atoms with Gasteiger partial charge in [0.2, 0.25) is 0 Å². The normalized spacial score (nSPS) is 23.1. The Morgan fingerprint density at radius 1 is 1.15 bits per heavy atom. The molecule has 0 aromatic rings. The molecule has 0 bridgehead atoms. The SMILES string of the molecule is FC(F)(F)CC(I)C1CCCCC1. The number of halogens is 4. The van der Waals surface area contributed by atoms with Gasteiger partial charge in [-0.2, -0.15) is 13.2 Å². The van der Waals surface area contributed by atoms with Crippen LogP contribution in [0.25, 0.3) is 0 Å². The second-order valence-corrected chi connectivity index (χ2v) is 5.33. The maximum atomic E-state index is 12.1. The lowest BCUT2D eigenvalue weighted by atomic mass is 9.86. The summed E-state index contributed by atoms with van der Waals surface area (Å²) < 4.78 is 36.0. The van der Waals surface area contributed by atoms with Crippen molar-refractivity contribution in [3.05, 3.63) is 0 Å². The van der Waals surface area contributed by atoms with Crippen LogP contribution in [-0.4, -0.2) is 10.1 Å². The van der Waals surface area contributed by atoms with Gasteiger partial charge in [-0.25, -0.2) is 0 Å². The lowest BCUT2D eigenvalue weighted by Crippen LogP contribution is -2.24. The fourth-order valence-electron chi connectivity index (χ4n) is 1.88. The lowest BCUT2D eigenvalue weighted by molar-refractivity contribution is -0.135. The molecule has 13 heavy (non-hydrogen) atoms. The Hall–Kier alpha value is 0.520. The minimum absolute atomic E-state index is 0.210. The summed E-state index contributed by atoms with van der Waals surface area (Å²) in [5, 5.41) is 0. The highest BCUT2D eigenvalue weighted by molar-refractivity contribution is 14.1. The van der Waals surface area contributed by atoms with Crippen LogP contribution in [-0.2, 0) is 0 Å². The van der Waals surface area contributed by atoms with Gasteiger partial charge in [0.15, 0.2) is 0 Å².